The topological polar surface area (TPSA) is 54.1 Å². The summed E-state index contributed by atoms with van der Waals surface area (Å²) in [5.74, 6) is 0.663. The van der Waals surface area contributed by atoms with Gasteiger partial charge in [0, 0.05) is 50.0 Å². The molecule has 0 aromatic heterocycles. The van der Waals surface area contributed by atoms with Crippen molar-refractivity contribution in [2.75, 3.05) is 44.2 Å². The Bertz CT molecular complexity index is 516. The molecule has 25 heavy (non-hydrogen) atoms. The Hall–Kier alpha value is -0.730. The molecular weight excluding hydrogens is 451 g/mol. The highest BCUT2D eigenvalue weighted by molar-refractivity contribution is 14.0. The molecule has 5 nitrogen and oxygen atoms in total. The summed E-state index contributed by atoms with van der Waals surface area (Å²) in [4.78, 5) is 9.02. The van der Waals surface area contributed by atoms with Crippen LogP contribution < -0.4 is 10.6 Å². The molecule has 1 aliphatic rings. The van der Waals surface area contributed by atoms with Gasteiger partial charge in [-0.25, -0.2) is 0 Å². The van der Waals surface area contributed by atoms with E-state index in [1.165, 1.54) is 5.69 Å². The van der Waals surface area contributed by atoms with Gasteiger partial charge >= 0.3 is 0 Å². The molecule has 0 unspecified atom stereocenters. The van der Waals surface area contributed by atoms with Gasteiger partial charge in [-0.3, -0.25) is 4.99 Å². The number of anilines is 1. The standard InChI is InChI=1S/C18H29ClN4O.HI/c1-15(2)24-14-4-3-9-21-18(20)23-12-10-22(11-13-23)17-7-5-16(19)6-8-17;/h5-8,15H,3-4,9-14H2,1-2H3,(H2,20,21);1H. The Morgan fingerprint density at radius 2 is 1.80 bits per heavy atom. The number of piperazine rings is 1. The van der Waals surface area contributed by atoms with Crippen molar-refractivity contribution in [3.63, 3.8) is 0 Å². The average molecular weight is 481 g/mol. The molecule has 0 radical (unpaired) electrons. The van der Waals surface area contributed by atoms with Crippen LogP contribution in [0.15, 0.2) is 29.3 Å². The molecule has 0 aliphatic carbocycles. The van der Waals surface area contributed by atoms with Gasteiger partial charge in [0.1, 0.15) is 0 Å². The molecule has 0 bridgehead atoms. The maximum absolute atomic E-state index is 6.12. The third kappa shape index (κ3) is 8.00. The predicted octanol–water partition coefficient (Wildman–Crippen LogP) is 3.60. The fraction of sp³-hybridized carbons (Fsp3) is 0.611. The summed E-state index contributed by atoms with van der Waals surface area (Å²) in [5.41, 5.74) is 7.33. The van der Waals surface area contributed by atoms with Gasteiger partial charge in [0.05, 0.1) is 6.10 Å². The molecule has 142 valence electrons. The molecule has 7 heteroatoms. The molecule has 0 atom stereocenters. The maximum atomic E-state index is 6.12. The van der Waals surface area contributed by atoms with Crippen LogP contribution in [-0.2, 0) is 4.74 Å². The van der Waals surface area contributed by atoms with E-state index in [9.17, 15) is 0 Å². The van der Waals surface area contributed by atoms with Crippen molar-refractivity contribution in [1.82, 2.24) is 4.90 Å². The largest absolute Gasteiger partial charge is 0.379 e. The lowest BCUT2D eigenvalue weighted by Gasteiger charge is -2.36. The molecule has 1 aliphatic heterocycles. The molecule has 0 saturated carbocycles. The van der Waals surface area contributed by atoms with Crippen LogP contribution in [-0.4, -0.2) is 56.3 Å². The number of hydrogen-bond acceptors (Lipinski definition) is 3. The molecule has 1 aromatic rings. The van der Waals surface area contributed by atoms with Gasteiger partial charge in [0.15, 0.2) is 5.96 Å². The number of aliphatic imine (C=N–C) groups is 1. The van der Waals surface area contributed by atoms with Gasteiger partial charge in [-0.1, -0.05) is 11.6 Å². The highest BCUT2D eigenvalue weighted by atomic mass is 127. The number of unbranched alkanes of at least 4 members (excludes halogenated alkanes) is 1. The second kappa shape index (κ2) is 11.8. The number of benzene rings is 1. The van der Waals surface area contributed by atoms with Crippen LogP contribution in [0.5, 0.6) is 0 Å². The molecule has 0 amide bonds. The van der Waals surface area contributed by atoms with Gasteiger partial charge in [0.25, 0.3) is 0 Å². The third-order valence-electron chi connectivity index (χ3n) is 4.07. The Balaban J connectivity index is 0.00000312. The van der Waals surface area contributed by atoms with E-state index in [4.69, 9.17) is 22.1 Å². The number of hydrogen-bond donors (Lipinski definition) is 1. The van der Waals surface area contributed by atoms with E-state index in [0.717, 1.165) is 57.2 Å². The predicted molar refractivity (Wildman–Crippen MR) is 117 cm³/mol. The number of rotatable bonds is 7. The van der Waals surface area contributed by atoms with Crippen LogP contribution in [0, 0.1) is 0 Å². The SMILES string of the molecule is CC(C)OCCCCN=C(N)N1CCN(c2ccc(Cl)cc2)CC1.I. The lowest BCUT2D eigenvalue weighted by Crippen LogP contribution is -2.51. The Labute approximate surface area is 173 Å². The van der Waals surface area contributed by atoms with E-state index in [2.05, 4.69) is 40.8 Å². The van der Waals surface area contributed by atoms with Crippen molar-refractivity contribution in [2.24, 2.45) is 10.7 Å². The molecule has 1 saturated heterocycles. The summed E-state index contributed by atoms with van der Waals surface area (Å²) in [6.07, 6.45) is 2.34. The maximum Gasteiger partial charge on any atom is 0.191 e. The van der Waals surface area contributed by atoms with E-state index in [1.807, 2.05) is 12.1 Å². The number of nitrogens with zero attached hydrogens (tertiary/aromatic N) is 3. The van der Waals surface area contributed by atoms with Crippen LogP contribution in [0.3, 0.4) is 0 Å². The molecule has 0 spiro atoms. The number of guanidine groups is 1. The monoisotopic (exact) mass is 480 g/mol. The lowest BCUT2D eigenvalue weighted by atomic mass is 10.2. The second-order valence-corrected chi connectivity index (χ2v) is 6.75. The normalized spacial score (nSPS) is 15.4. The Morgan fingerprint density at radius 3 is 2.40 bits per heavy atom. The van der Waals surface area contributed by atoms with Gasteiger partial charge in [0.2, 0.25) is 0 Å². The number of nitrogens with two attached hydrogens (primary N) is 1. The van der Waals surface area contributed by atoms with Crippen molar-refractivity contribution in [3.05, 3.63) is 29.3 Å². The number of ether oxygens (including phenoxy) is 1. The highest BCUT2D eigenvalue weighted by Crippen LogP contribution is 2.19. The fourth-order valence-corrected chi connectivity index (χ4v) is 2.80. The van der Waals surface area contributed by atoms with Crippen LogP contribution >= 0.6 is 35.6 Å². The van der Waals surface area contributed by atoms with E-state index >= 15 is 0 Å². The van der Waals surface area contributed by atoms with Gasteiger partial charge in [-0.05, 0) is 51.0 Å². The fourth-order valence-electron chi connectivity index (χ4n) is 2.67. The summed E-state index contributed by atoms with van der Waals surface area (Å²) in [5, 5.41) is 0.771. The summed E-state index contributed by atoms with van der Waals surface area (Å²) >= 11 is 5.94. The molecular formula is C18H30ClIN4O. The summed E-state index contributed by atoms with van der Waals surface area (Å²) in [6.45, 7) is 9.36. The molecule has 1 heterocycles. The Kier molecular flexibility index (Phi) is 10.5. The minimum absolute atomic E-state index is 0. The Morgan fingerprint density at radius 1 is 1.16 bits per heavy atom. The molecule has 2 rings (SSSR count). The minimum Gasteiger partial charge on any atom is -0.379 e. The minimum atomic E-state index is 0. The third-order valence-corrected chi connectivity index (χ3v) is 4.32. The molecule has 1 aromatic carbocycles. The quantitative estimate of drug-likeness (QED) is 0.280. The van der Waals surface area contributed by atoms with Gasteiger partial charge in [-0.15, -0.1) is 24.0 Å². The van der Waals surface area contributed by atoms with Crippen LogP contribution in [0.25, 0.3) is 0 Å². The van der Waals surface area contributed by atoms with E-state index in [-0.39, 0.29) is 24.0 Å². The molecule has 2 N–H and O–H groups in total. The van der Waals surface area contributed by atoms with Gasteiger partial charge < -0.3 is 20.3 Å². The summed E-state index contributed by atoms with van der Waals surface area (Å²) in [6, 6.07) is 7.99. The van der Waals surface area contributed by atoms with E-state index < -0.39 is 0 Å². The lowest BCUT2D eigenvalue weighted by molar-refractivity contribution is 0.0763. The van der Waals surface area contributed by atoms with Crippen molar-refractivity contribution < 1.29 is 4.74 Å². The van der Waals surface area contributed by atoms with E-state index in [1.54, 1.807) is 0 Å². The van der Waals surface area contributed by atoms with Crippen LogP contribution in [0.1, 0.15) is 26.7 Å². The summed E-state index contributed by atoms with van der Waals surface area (Å²) < 4.78 is 5.52. The highest BCUT2D eigenvalue weighted by Gasteiger charge is 2.18. The first-order chi connectivity index (χ1) is 11.6. The van der Waals surface area contributed by atoms with Crippen LogP contribution in [0.4, 0.5) is 5.69 Å². The summed E-state index contributed by atoms with van der Waals surface area (Å²) in [7, 11) is 0. The average Bonchev–Trinajstić information content (AvgIpc) is 2.58. The van der Waals surface area contributed by atoms with Crippen molar-refractivity contribution in [1.29, 1.82) is 0 Å². The van der Waals surface area contributed by atoms with Crippen molar-refractivity contribution >= 4 is 47.2 Å². The number of halogens is 2. The van der Waals surface area contributed by atoms with E-state index in [0.29, 0.717) is 12.1 Å². The first-order valence-electron chi connectivity index (χ1n) is 8.73. The first kappa shape index (κ1) is 22.3. The first-order valence-corrected chi connectivity index (χ1v) is 9.11. The van der Waals surface area contributed by atoms with Crippen LogP contribution in [0.2, 0.25) is 5.02 Å². The van der Waals surface area contributed by atoms with Gasteiger partial charge in [-0.2, -0.15) is 0 Å². The zero-order chi connectivity index (χ0) is 17.4. The zero-order valence-electron chi connectivity index (χ0n) is 15.2. The molecule has 1 fully saturated rings. The second-order valence-electron chi connectivity index (χ2n) is 6.32. The zero-order valence-corrected chi connectivity index (χ0v) is 18.2. The van der Waals surface area contributed by atoms with Crippen molar-refractivity contribution in [3.8, 4) is 0 Å². The smallest absolute Gasteiger partial charge is 0.191 e. The van der Waals surface area contributed by atoms with Crippen molar-refractivity contribution in [2.45, 2.75) is 32.8 Å².